The molecule has 1 aliphatic carbocycles. The second-order valence-electron chi connectivity index (χ2n) is 7.31. The fraction of sp³-hybridized carbons (Fsp3) is 0.316. The summed E-state index contributed by atoms with van der Waals surface area (Å²) in [5.41, 5.74) is 0.782. The zero-order valence-corrected chi connectivity index (χ0v) is 19.9. The van der Waals surface area contributed by atoms with E-state index in [4.69, 9.17) is 0 Å². The third-order valence-corrected chi connectivity index (χ3v) is 7.51. The van der Waals surface area contributed by atoms with Crippen molar-refractivity contribution in [2.24, 2.45) is 10.3 Å². The van der Waals surface area contributed by atoms with E-state index in [-0.39, 0.29) is 34.8 Å². The first-order valence-corrected chi connectivity index (χ1v) is 12.4. The lowest BCUT2D eigenvalue weighted by molar-refractivity contribution is -0.117. The van der Waals surface area contributed by atoms with Gasteiger partial charge in [-0.25, -0.2) is 13.6 Å². The fourth-order valence-electron chi connectivity index (χ4n) is 3.01. The highest BCUT2D eigenvalue weighted by atomic mass is 79.9. The number of aromatic nitrogens is 4. The van der Waals surface area contributed by atoms with Crippen LogP contribution in [0.4, 0.5) is 17.3 Å². The Balaban J connectivity index is 1.82. The van der Waals surface area contributed by atoms with Crippen LogP contribution in [0.3, 0.4) is 0 Å². The number of pyridine rings is 1. The molecule has 11 nitrogen and oxygen atoms in total. The Morgan fingerprint density at radius 2 is 2.03 bits per heavy atom. The van der Waals surface area contributed by atoms with E-state index in [9.17, 15) is 13.8 Å². The largest absolute Gasteiger partial charge is 0.354 e. The van der Waals surface area contributed by atoms with Gasteiger partial charge in [0.25, 0.3) is 5.91 Å². The third-order valence-electron chi connectivity index (χ3n) is 5.03. The van der Waals surface area contributed by atoms with Crippen LogP contribution in [0.2, 0.25) is 0 Å². The van der Waals surface area contributed by atoms with Crippen molar-refractivity contribution < 1.29 is 13.8 Å². The number of anilines is 3. The highest BCUT2D eigenvalue weighted by Crippen LogP contribution is 2.33. The first kappa shape index (κ1) is 22.1. The van der Waals surface area contributed by atoms with Gasteiger partial charge in [-0.3, -0.25) is 9.59 Å². The summed E-state index contributed by atoms with van der Waals surface area (Å²) in [7, 11) is 0.143. The average Bonchev–Trinajstić information content (AvgIpc) is 3.57. The lowest BCUT2D eigenvalue weighted by atomic mass is 10.2. The Kier molecular flexibility index (Phi) is 5.86. The Labute approximate surface area is 192 Å². The van der Waals surface area contributed by atoms with Crippen molar-refractivity contribution >= 4 is 65.8 Å². The van der Waals surface area contributed by atoms with Crippen molar-refractivity contribution in [1.29, 1.82) is 0 Å². The first-order chi connectivity index (χ1) is 15.2. The molecule has 0 bridgehead atoms. The molecule has 0 spiro atoms. The summed E-state index contributed by atoms with van der Waals surface area (Å²) in [6.07, 6.45) is 4.91. The van der Waals surface area contributed by atoms with Crippen LogP contribution >= 0.6 is 15.9 Å². The number of fused-ring (bicyclic) bond motifs is 1. The van der Waals surface area contributed by atoms with Gasteiger partial charge in [0.05, 0.1) is 20.3 Å². The number of nitrogens with one attached hydrogen (secondary N) is 4. The Morgan fingerprint density at radius 3 is 2.69 bits per heavy atom. The Hall–Kier alpha value is -3.06. The maximum atomic E-state index is 13.2. The summed E-state index contributed by atoms with van der Waals surface area (Å²) in [5.74, 6) is -0.217. The molecule has 1 aliphatic rings. The minimum Gasteiger partial charge on any atom is -0.354 e. The number of hydrogen-bond donors (Lipinski definition) is 4. The quantitative estimate of drug-likeness (QED) is 0.389. The van der Waals surface area contributed by atoms with Gasteiger partial charge in [-0.1, -0.05) is 0 Å². The summed E-state index contributed by atoms with van der Waals surface area (Å²) in [5, 5.41) is 16.9. The van der Waals surface area contributed by atoms with Crippen molar-refractivity contribution in [3.05, 3.63) is 28.5 Å². The van der Waals surface area contributed by atoms with Gasteiger partial charge in [-0.15, -0.1) is 10.2 Å². The number of aromatic amines is 1. The highest BCUT2D eigenvalue weighted by Gasteiger charge is 2.30. The van der Waals surface area contributed by atoms with E-state index in [2.05, 4.69) is 56.4 Å². The minimum atomic E-state index is -2.80. The lowest BCUT2D eigenvalue weighted by Gasteiger charge is -2.15. The second-order valence-corrected chi connectivity index (χ2v) is 10.6. The predicted octanol–water partition coefficient (Wildman–Crippen LogP) is 2.65. The summed E-state index contributed by atoms with van der Waals surface area (Å²) in [6, 6.07) is 3.23. The van der Waals surface area contributed by atoms with Gasteiger partial charge in [-0.05, 0) is 34.8 Å². The van der Waals surface area contributed by atoms with E-state index >= 15 is 0 Å². The maximum absolute atomic E-state index is 13.2. The molecule has 4 rings (SSSR count). The maximum Gasteiger partial charge on any atom is 0.273 e. The number of carbonyl (C=O) groups is 2. The average molecular weight is 521 g/mol. The van der Waals surface area contributed by atoms with Gasteiger partial charge in [0.1, 0.15) is 11.5 Å². The topological polar surface area (TPSA) is 154 Å². The van der Waals surface area contributed by atoms with E-state index in [0.29, 0.717) is 10.5 Å². The molecule has 4 N–H and O–H groups in total. The number of halogens is 1. The lowest BCUT2D eigenvalue weighted by Crippen LogP contribution is -2.23. The molecule has 0 radical (unpaired) electrons. The summed E-state index contributed by atoms with van der Waals surface area (Å²) in [4.78, 5) is 32.5. The number of nitrogens with zero attached hydrogens (tertiary/aromatic N) is 4. The van der Waals surface area contributed by atoms with Crippen molar-refractivity contribution in [3.63, 3.8) is 0 Å². The van der Waals surface area contributed by atoms with Crippen LogP contribution in [0.15, 0.2) is 32.1 Å². The molecule has 32 heavy (non-hydrogen) atoms. The number of hydrogen-bond acceptors (Lipinski definition) is 8. The number of amides is 2. The van der Waals surface area contributed by atoms with E-state index in [1.54, 1.807) is 12.3 Å². The molecule has 0 aromatic carbocycles. The van der Waals surface area contributed by atoms with Crippen LogP contribution < -0.4 is 16.0 Å². The highest BCUT2D eigenvalue weighted by molar-refractivity contribution is 9.10. The van der Waals surface area contributed by atoms with Gasteiger partial charge in [0, 0.05) is 48.4 Å². The summed E-state index contributed by atoms with van der Waals surface area (Å²) < 4.78 is 18.0. The molecule has 13 heteroatoms. The molecule has 1 unspecified atom stereocenters. The fourth-order valence-corrected chi connectivity index (χ4v) is 4.41. The van der Waals surface area contributed by atoms with Crippen LogP contribution in [0, 0.1) is 5.92 Å². The van der Waals surface area contributed by atoms with Gasteiger partial charge >= 0.3 is 0 Å². The van der Waals surface area contributed by atoms with Crippen LogP contribution in [0.1, 0.15) is 23.3 Å². The second kappa shape index (κ2) is 8.47. The van der Waals surface area contributed by atoms with Crippen molar-refractivity contribution in [1.82, 2.24) is 25.5 Å². The predicted molar refractivity (Wildman–Crippen MR) is 125 cm³/mol. The van der Waals surface area contributed by atoms with Crippen LogP contribution in [-0.4, -0.2) is 56.5 Å². The molecule has 1 saturated carbocycles. The van der Waals surface area contributed by atoms with Crippen LogP contribution in [0.5, 0.6) is 0 Å². The molecular formula is C19H21BrN8O3S. The third kappa shape index (κ3) is 4.30. The van der Waals surface area contributed by atoms with Gasteiger partial charge < -0.3 is 20.9 Å². The monoisotopic (exact) mass is 520 g/mol. The number of rotatable bonds is 6. The smallest absolute Gasteiger partial charge is 0.273 e. The molecule has 168 valence electrons. The molecule has 3 aromatic rings. The van der Waals surface area contributed by atoms with Crippen molar-refractivity contribution in [2.45, 2.75) is 17.7 Å². The molecule has 0 aliphatic heterocycles. The Bertz CT molecular complexity index is 1360. The minimum absolute atomic E-state index is 0.00604. The normalized spacial score (nSPS) is 15.1. The van der Waals surface area contributed by atoms with Gasteiger partial charge in [0.15, 0.2) is 11.5 Å². The number of carbonyl (C=O) groups excluding carboxylic acids is 2. The van der Waals surface area contributed by atoms with E-state index < -0.39 is 15.6 Å². The molecule has 0 saturated heterocycles. The molecular weight excluding hydrogens is 500 g/mol. The molecule has 1 fully saturated rings. The van der Waals surface area contributed by atoms with E-state index in [0.717, 1.165) is 22.7 Å². The zero-order valence-electron chi connectivity index (χ0n) is 17.5. The molecule has 2 amide bonds. The first-order valence-electron chi connectivity index (χ1n) is 9.69. The molecule has 3 aromatic heterocycles. The van der Waals surface area contributed by atoms with E-state index in [1.165, 1.54) is 26.4 Å². The number of H-pyrrole nitrogens is 1. The summed E-state index contributed by atoms with van der Waals surface area (Å²) in [6.45, 7) is 0. The van der Waals surface area contributed by atoms with Gasteiger partial charge in [-0.2, -0.15) is 0 Å². The molecule has 1 atom stereocenters. The van der Waals surface area contributed by atoms with Crippen molar-refractivity contribution in [2.75, 3.05) is 31.0 Å². The zero-order chi connectivity index (χ0) is 23.0. The summed E-state index contributed by atoms with van der Waals surface area (Å²) >= 11 is 3.44. The van der Waals surface area contributed by atoms with Crippen LogP contribution in [-0.2, 0) is 14.5 Å². The van der Waals surface area contributed by atoms with Crippen molar-refractivity contribution in [3.8, 4) is 0 Å². The SMILES string of the molecule is CN=S(C)(=O)c1cc2c(Br)c[nH]c2nc1Nc1cc(NC(=O)C2CC2)nnc1C(=O)NC. The molecule has 3 heterocycles. The standard InChI is InChI=1S/C19H21BrN8O3S/c1-21-19(30)15-12(7-14(27-28-15)25-18(29)9-4-5-9)24-17-13(32(3,31)22-2)6-10-11(20)8-23-16(10)26-17/h6-9H,4-5H2,1-3H3,(H,21,30)(H3,23,24,25,26,27,29). The Morgan fingerprint density at radius 1 is 1.28 bits per heavy atom. The van der Waals surface area contributed by atoms with Gasteiger partial charge in [0.2, 0.25) is 5.91 Å². The van der Waals surface area contributed by atoms with Crippen LogP contribution in [0.25, 0.3) is 11.0 Å². The van der Waals surface area contributed by atoms with E-state index in [1.807, 2.05) is 0 Å².